The van der Waals surface area contributed by atoms with E-state index in [2.05, 4.69) is 46.4 Å². The number of thiophene rings is 1. The molecule has 7 heteroatoms. The van der Waals surface area contributed by atoms with Gasteiger partial charge < -0.3 is 0 Å². The summed E-state index contributed by atoms with van der Waals surface area (Å²) in [6, 6.07) is 11.1. The molecule has 5 rings (SSSR count). The topological polar surface area (TPSA) is 55.4 Å². The molecule has 138 valence electrons. The maximum absolute atomic E-state index is 12.5. The van der Waals surface area contributed by atoms with Crippen molar-refractivity contribution in [2.24, 2.45) is 7.05 Å². The van der Waals surface area contributed by atoms with Crippen LogP contribution in [0.4, 0.5) is 0 Å². The van der Waals surface area contributed by atoms with Crippen molar-refractivity contribution >= 4 is 27.3 Å². The Morgan fingerprint density at radius 2 is 2.11 bits per heavy atom. The zero-order valence-electron chi connectivity index (χ0n) is 15.4. The molecule has 0 N–H and O–H groups in total. The van der Waals surface area contributed by atoms with Gasteiger partial charge in [-0.2, -0.15) is 0 Å². The van der Waals surface area contributed by atoms with E-state index in [1.54, 1.807) is 11.6 Å². The maximum Gasteiger partial charge on any atom is 0.272 e. The number of nitrogens with zero attached hydrogens (tertiary/aromatic N) is 5. The molecule has 3 heterocycles. The second-order valence-corrected chi connectivity index (χ2v) is 8.19. The van der Waals surface area contributed by atoms with Gasteiger partial charge >= 0.3 is 0 Å². The molecule has 4 aromatic rings. The van der Waals surface area contributed by atoms with Crippen LogP contribution in [0.2, 0.25) is 0 Å². The summed E-state index contributed by atoms with van der Waals surface area (Å²) < 4.78 is 4.36. The molecule has 6 nitrogen and oxygen atoms in total. The zero-order valence-corrected chi connectivity index (χ0v) is 16.2. The van der Waals surface area contributed by atoms with Crippen molar-refractivity contribution in [2.75, 3.05) is 7.05 Å². The molecule has 1 aliphatic carbocycles. The molecule has 0 radical (unpaired) electrons. The van der Waals surface area contributed by atoms with Gasteiger partial charge in [0.15, 0.2) is 5.82 Å². The van der Waals surface area contributed by atoms with Crippen LogP contribution in [-0.2, 0) is 20.0 Å². The van der Waals surface area contributed by atoms with Crippen molar-refractivity contribution in [3.63, 3.8) is 0 Å². The lowest BCUT2D eigenvalue weighted by atomic mass is 9.87. The van der Waals surface area contributed by atoms with E-state index in [0.717, 1.165) is 28.9 Å². The second-order valence-electron chi connectivity index (χ2n) is 7.27. The van der Waals surface area contributed by atoms with Gasteiger partial charge in [-0.15, -0.1) is 21.5 Å². The lowest BCUT2D eigenvalue weighted by Crippen LogP contribution is -2.28. The Kier molecular flexibility index (Phi) is 3.87. The summed E-state index contributed by atoms with van der Waals surface area (Å²) in [5.74, 6) is 1.47. The van der Waals surface area contributed by atoms with Crippen LogP contribution in [0.15, 0.2) is 40.5 Å². The van der Waals surface area contributed by atoms with Crippen molar-refractivity contribution in [1.29, 1.82) is 0 Å². The zero-order chi connectivity index (χ0) is 18.5. The molecule has 3 aromatic heterocycles. The van der Waals surface area contributed by atoms with E-state index in [-0.39, 0.29) is 5.56 Å². The number of aromatic nitrogens is 4. The van der Waals surface area contributed by atoms with Gasteiger partial charge in [0.25, 0.3) is 5.56 Å². The minimum Gasteiger partial charge on any atom is -0.292 e. The lowest BCUT2D eigenvalue weighted by Gasteiger charge is -2.32. The van der Waals surface area contributed by atoms with Crippen LogP contribution < -0.4 is 5.56 Å². The molecule has 1 atom stereocenters. The Morgan fingerprint density at radius 3 is 3.00 bits per heavy atom. The van der Waals surface area contributed by atoms with Gasteiger partial charge in [-0.05, 0) is 48.9 Å². The number of fused-ring (bicyclic) bond motifs is 4. The fourth-order valence-corrected chi connectivity index (χ4v) is 5.13. The number of hydrogen-bond acceptors (Lipinski definition) is 5. The third kappa shape index (κ3) is 2.53. The van der Waals surface area contributed by atoms with Gasteiger partial charge in [0.1, 0.15) is 4.70 Å². The largest absolute Gasteiger partial charge is 0.292 e. The monoisotopic (exact) mass is 379 g/mol. The molecule has 1 aromatic carbocycles. The summed E-state index contributed by atoms with van der Waals surface area (Å²) in [5, 5.41) is 10.7. The van der Waals surface area contributed by atoms with E-state index >= 15 is 0 Å². The number of benzene rings is 1. The normalized spacial score (nSPS) is 17.1. The Labute approximate surface area is 160 Å². The van der Waals surface area contributed by atoms with Crippen LogP contribution >= 0.6 is 11.3 Å². The molecular formula is C20H21N5OS. The highest BCUT2D eigenvalue weighted by molar-refractivity contribution is 7.17. The Bertz CT molecular complexity index is 1200. The maximum atomic E-state index is 12.5. The number of rotatable bonds is 3. The fourth-order valence-electron chi connectivity index (χ4n) is 4.27. The van der Waals surface area contributed by atoms with Crippen LogP contribution in [0.5, 0.6) is 0 Å². The quantitative estimate of drug-likeness (QED) is 0.549. The van der Waals surface area contributed by atoms with Crippen molar-refractivity contribution in [3.8, 4) is 0 Å². The van der Waals surface area contributed by atoms with E-state index in [1.807, 2.05) is 15.8 Å². The van der Waals surface area contributed by atoms with Crippen LogP contribution in [-0.4, -0.2) is 31.1 Å². The summed E-state index contributed by atoms with van der Waals surface area (Å²) in [6.07, 6.45) is 3.51. The smallest absolute Gasteiger partial charge is 0.272 e. The molecule has 0 unspecified atom stereocenters. The predicted octanol–water partition coefficient (Wildman–Crippen LogP) is 3.15. The second kappa shape index (κ2) is 6.28. The third-order valence-corrected chi connectivity index (χ3v) is 6.55. The Hall–Kier alpha value is -2.51. The minimum absolute atomic E-state index is 0.0130. The predicted molar refractivity (Wildman–Crippen MR) is 107 cm³/mol. The summed E-state index contributed by atoms with van der Waals surface area (Å²) in [5.41, 5.74) is 3.76. The van der Waals surface area contributed by atoms with Gasteiger partial charge in [-0.3, -0.25) is 18.7 Å². The standard InChI is InChI=1S/C20H21N5OS/c1-23(15-9-5-7-13-6-3-4-8-14(13)15)12-17-21-22-20-24(2)19(26)18-16(25(17)20)10-11-27-18/h3-4,6,8,10-11,15H,5,7,9,12H2,1-2H3/t15-/m0/s1. The van der Waals surface area contributed by atoms with Gasteiger partial charge in [0.2, 0.25) is 5.78 Å². The van der Waals surface area contributed by atoms with Crippen LogP contribution in [0, 0.1) is 0 Å². The first-order valence-corrected chi connectivity index (χ1v) is 10.1. The average Bonchev–Trinajstić information content (AvgIpc) is 3.32. The summed E-state index contributed by atoms with van der Waals surface area (Å²) in [7, 11) is 3.91. The highest BCUT2D eigenvalue weighted by atomic mass is 32.1. The number of aryl methyl sites for hydroxylation is 2. The molecule has 0 saturated carbocycles. The number of hydrogen-bond donors (Lipinski definition) is 0. The molecule has 0 spiro atoms. The van der Waals surface area contributed by atoms with Crippen molar-refractivity contribution in [2.45, 2.75) is 31.8 Å². The van der Waals surface area contributed by atoms with E-state index < -0.39 is 0 Å². The Morgan fingerprint density at radius 1 is 1.26 bits per heavy atom. The molecule has 0 bridgehead atoms. The van der Waals surface area contributed by atoms with Crippen molar-refractivity contribution in [3.05, 3.63) is 63.0 Å². The van der Waals surface area contributed by atoms with Crippen molar-refractivity contribution < 1.29 is 0 Å². The van der Waals surface area contributed by atoms with Crippen molar-refractivity contribution in [1.82, 2.24) is 24.1 Å². The van der Waals surface area contributed by atoms with E-state index in [0.29, 0.717) is 18.4 Å². The molecule has 0 aliphatic heterocycles. The highest BCUT2D eigenvalue weighted by Crippen LogP contribution is 2.34. The third-order valence-electron chi connectivity index (χ3n) is 5.66. The first-order valence-electron chi connectivity index (χ1n) is 9.23. The van der Waals surface area contributed by atoms with Crippen LogP contribution in [0.25, 0.3) is 16.0 Å². The van der Waals surface area contributed by atoms with Gasteiger partial charge in [0, 0.05) is 13.1 Å². The Balaban J connectivity index is 1.57. The summed E-state index contributed by atoms with van der Waals surface area (Å²) in [4.78, 5) is 14.9. The van der Waals surface area contributed by atoms with Gasteiger partial charge in [-0.1, -0.05) is 24.3 Å². The molecule has 1 aliphatic rings. The molecule has 0 amide bonds. The first kappa shape index (κ1) is 16.6. The van der Waals surface area contributed by atoms with Gasteiger partial charge in [0.05, 0.1) is 12.1 Å². The molecule has 27 heavy (non-hydrogen) atoms. The van der Waals surface area contributed by atoms with Crippen LogP contribution in [0.1, 0.15) is 35.8 Å². The van der Waals surface area contributed by atoms with Gasteiger partial charge in [-0.25, -0.2) is 0 Å². The molecule has 0 saturated heterocycles. The lowest BCUT2D eigenvalue weighted by molar-refractivity contribution is 0.208. The van der Waals surface area contributed by atoms with E-state index in [9.17, 15) is 4.79 Å². The van der Waals surface area contributed by atoms with E-state index in [4.69, 9.17) is 0 Å². The average molecular weight is 379 g/mol. The first-order chi connectivity index (χ1) is 13.1. The van der Waals surface area contributed by atoms with Crippen LogP contribution in [0.3, 0.4) is 0 Å². The highest BCUT2D eigenvalue weighted by Gasteiger charge is 2.25. The summed E-state index contributed by atoms with van der Waals surface area (Å²) in [6.45, 7) is 0.684. The van der Waals surface area contributed by atoms with E-state index in [1.165, 1.54) is 28.9 Å². The summed E-state index contributed by atoms with van der Waals surface area (Å²) >= 11 is 1.47. The molecule has 0 fully saturated rings. The fraction of sp³-hybridized carbons (Fsp3) is 0.350. The SMILES string of the molecule is CN(Cc1nnc2n(C)c(=O)c3sccc3n12)[C@H]1CCCc2ccccc21. The minimum atomic E-state index is -0.0130. The molecular weight excluding hydrogens is 358 g/mol.